The Balaban J connectivity index is 1.68. The summed E-state index contributed by atoms with van der Waals surface area (Å²) in [5.41, 5.74) is 0.421. The van der Waals surface area contributed by atoms with E-state index in [1.807, 2.05) is 6.07 Å². The zero-order chi connectivity index (χ0) is 17.8. The number of hydrogen-bond acceptors (Lipinski definition) is 5. The fourth-order valence-corrected chi connectivity index (χ4v) is 2.36. The highest BCUT2D eigenvalue weighted by molar-refractivity contribution is 5.77. The van der Waals surface area contributed by atoms with E-state index < -0.39 is 11.9 Å². The summed E-state index contributed by atoms with van der Waals surface area (Å²) in [5, 5.41) is 19.1. The summed E-state index contributed by atoms with van der Waals surface area (Å²) < 4.78 is 19.9. The lowest BCUT2D eigenvalue weighted by atomic mass is 10.2. The number of aromatic nitrogens is 2. The molecule has 1 aromatic heterocycles. The average Bonchev–Trinajstić information content (AvgIpc) is 2.62. The molecule has 1 N–H and O–H groups in total. The summed E-state index contributed by atoms with van der Waals surface area (Å²) in [6, 6.07) is 12.2. The molecule has 1 heterocycles. The van der Waals surface area contributed by atoms with Crippen LogP contribution in [0.1, 0.15) is 5.56 Å². The zero-order valence-electron chi connectivity index (χ0n) is 13.1. The van der Waals surface area contributed by atoms with E-state index in [0.29, 0.717) is 11.3 Å². The first kappa shape index (κ1) is 16.6. The molecule has 0 spiro atoms. The van der Waals surface area contributed by atoms with Crippen LogP contribution < -0.4 is 10.3 Å². The maximum atomic E-state index is 13.2. The number of benzene rings is 2. The summed E-state index contributed by atoms with van der Waals surface area (Å²) in [7, 11) is 0. The van der Waals surface area contributed by atoms with Gasteiger partial charge >= 0.3 is 0 Å². The lowest BCUT2D eigenvalue weighted by Gasteiger charge is -2.14. The lowest BCUT2D eigenvalue weighted by molar-refractivity contribution is 0.0915. The van der Waals surface area contributed by atoms with E-state index in [4.69, 9.17) is 10.00 Å². The van der Waals surface area contributed by atoms with Gasteiger partial charge in [-0.25, -0.2) is 9.37 Å². The predicted molar refractivity (Wildman–Crippen MR) is 88.6 cm³/mol. The smallest absolute Gasteiger partial charge is 0.261 e. The van der Waals surface area contributed by atoms with Gasteiger partial charge in [0.2, 0.25) is 0 Å². The van der Waals surface area contributed by atoms with E-state index in [-0.39, 0.29) is 29.6 Å². The number of aliphatic hydroxyl groups excluding tert-OH is 1. The number of halogens is 1. The van der Waals surface area contributed by atoms with Gasteiger partial charge in [-0.2, -0.15) is 5.26 Å². The molecule has 0 amide bonds. The van der Waals surface area contributed by atoms with Crippen LogP contribution in [-0.2, 0) is 6.54 Å². The van der Waals surface area contributed by atoms with Crippen LogP contribution in [0.25, 0.3) is 10.9 Å². The molecule has 6 nitrogen and oxygen atoms in total. The highest BCUT2D eigenvalue weighted by atomic mass is 19.1. The van der Waals surface area contributed by atoms with Gasteiger partial charge in [0.1, 0.15) is 24.3 Å². The quantitative estimate of drug-likeness (QED) is 0.766. The van der Waals surface area contributed by atoms with Crippen LogP contribution in [0.5, 0.6) is 5.75 Å². The van der Waals surface area contributed by atoms with Crippen molar-refractivity contribution in [3.8, 4) is 11.8 Å². The second kappa shape index (κ2) is 7.11. The summed E-state index contributed by atoms with van der Waals surface area (Å²) in [5.74, 6) is 0.0468. The minimum atomic E-state index is -0.937. The zero-order valence-corrected chi connectivity index (χ0v) is 13.1. The molecule has 0 saturated carbocycles. The Morgan fingerprint density at radius 2 is 2.04 bits per heavy atom. The number of aliphatic hydroxyl groups is 1. The third kappa shape index (κ3) is 3.82. The highest BCUT2D eigenvalue weighted by Gasteiger charge is 2.11. The van der Waals surface area contributed by atoms with Gasteiger partial charge in [0.15, 0.2) is 0 Å². The van der Waals surface area contributed by atoms with E-state index in [1.54, 1.807) is 24.3 Å². The summed E-state index contributed by atoms with van der Waals surface area (Å²) in [4.78, 5) is 16.4. The van der Waals surface area contributed by atoms with Crippen molar-refractivity contribution in [2.75, 3.05) is 6.61 Å². The number of hydrogen-bond donors (Lipinski definition) is 1. The maximum absolute atomic E-state index is 13.2. The van der Waals surface area contributed by atoms with Crippen LogP contribution in [-0.4, -0.2) is 27.4 Å². The van der Waals surface area contributed by atoms with Crippen molar-refractivity contribution < 1.29 is 14.2 Å². The molecular weight excluding hydrogens is 325 g/mol. The molecule has 0 unspecified atom stereocenters. The molecule has 0 fully saturated rings. The summed E-state index contributed by atoms with van der Waals surface area (Å²) in [6.45, 7) is -0.0325. The Morgan fingerprint density at radius 1 is 1.28 bits per heavy atom. The minimum absolute atomic E-state index is 0.00453. The monoisotopic (exact) mass is 339 g/mol. The Hall–Kier alpha value is -3.24. The van der Waals surface area contributed by atoms with Crippen molar-refractivity contribution in [1.29, 1.82) is 5.26 Å². The molecule has 25 heavy (non-hydrogen) atoms. The van der Waals surface area contributed by atoms with E-state index in [1.165, 1.54) is 29.1 Å². The summed E-state index contributed by atoms with van der Waals surface area (Å²) in [6.07, 6.45) is 0.336. The third-order valence-electron chi connectivity index (χ3n) is 3.62. The molecule has 0 bridgehead atoms. The Bertz CT molecular complexity index is 993. The van der Waals surface area contributed by atoms with Crippen LogP contribution in [0, 0.1) is 17.1 Å². The van der Waals surface area contributed by atoms with Crippen molar-refractivity contribution >= 4 is 10.9 Å². The normalized spacial score (nSPS) is 11.9. The molecule has 2 aromatic carbocycles. The van der Waals surface area contributed by atoms with Gasteiger partial charge in [-0.3, -0.25) is 9.36 Å². The number of nitrogens with zero attached hydrogens (tertiary/aromatic N) is 3. The maximum Gasteiger partial charge on any atom is 0.261 e. The number of nitriles is 1. The standard InChI is InChI=1S/C18H14FN3O3/c19-13-3-6-16-17(7-13)21-11-22(18(16)24)9-14(23)10-25-15-4-1-12(8-20)2-5-15/h1-7,11,14,23H,9-10H2/t14-/m0/s1. The largest absolute Gasteiger partial charge is 0.491 e. The topological polar surface area (TPSA) is 88.1 Å². The van der Waals surface area contributed by atoms with Crippen LogP contribution >= 0.6 is 0 Å². The van der Waals surface area contributed by atoms with E-state index >= 15 is 0 Å². The molecule has 0 saturated heterocycles. The van der Waals surface area contributed by atoms with Crippen LogP contribution in [0.15, 0.2) is 53.6 Å². The molecule has 7 heteroatoms. The van der Waals surface area contributed by atoms with E-state index in [2.05, 4.69) is 4.98 Å². The van der Waals surface area contributed by atoms with E-state index in [9.17, 15) is 14.3 Å². The van der Waals surface area contributed by atoms with Gasteiger partial charge in [0, 0.05) is 6.07 Å². The average molecular weight is 339 g/mol. The Labute approximate surface area is 142 Å². The number of fused-ring (bicyclic) bond motifs is 1. The number of ether oxygens (including phenoxy) is 1. The fraction of sp³-hybridized carbons (Fsp3) is 0.167. The molecule has 3 aromatic rings. The van der Waals surface area contributed by atoms with Crippen molar-refractivity contribution in [3.63, 3.8) is 0 Å². The van der Waals surface area contributed by atoms with Gasteiger partial charge in [0.25, 0.3) is 5.56 Å². The first-order valence-electron chi connectivity index (χ1n) is 7.52. The molecule has 0 radical (unpaired) electrons. The fourth-order valence-electron chi connectivity index (χ4n) is 2.36. The molecule has 0 aliphatic heterocycles. The van der Waals surface area contributed by atoms with Gasteiger partial charge in [-0.1, -0.05) is 0 Å². The lowest BCUT2D eigenvalue weighted by Crippen LogP contribution is -2.30. The molecule has 3 rings (SSSR count). The molecular formula is C18H14FN3O3. The minimum Gasteiger partial charge on any atom is -0.491 e. The Kier molecular flexibility index (Phi) is 4.73. The van der Waals surface area contributed by atoms with E-state index in [0.717, 1.165) is 0 Å². The van der Waals surface area contributed by atoms with Gasteiger partial charge in [-0.05, 0) is 36.4 Å². The number of rotatable bonds is 5. The van der Waals surface area contributed by atoms with Crippen molar-refractivity contribution in [2.24, 2.45) is 0 Å². The second-order valence-electron chi connectivity index (χ2n) is 5.46. The van der Waals surface area contributed by atoms with Crippen LogP contribution in [0.2, 0.25) is 0 Å². The predicted octanol–water partition coefficient (Wildman–Crippen LogP) is 1.85. The van der Waals surface area contributed by atoms with Crippen molar-refractivity contribution in [2.45, 2.75) is 12.6 Å². The SMILES string of the molecule is N#Cc1ccc(OC[C@@H](O)Cn2cnc3cc(F)ccc3c2=O)cc1. The van der Waals surface area contributed by atoms with Gasteiger partial charge in [0.05, 0.1) is 35.4 Å². The van der Waals surface area contributed by atoms with Crippen molar-refractivity contribution in [1.82, 2.24) is 9.55 Å². The molecule has 0 aliphatic carbocycles. The first-order chi connectivity index (χ1) is 12.1. The Morgan fingerprint density at radius 3 is 2.76 bits per heavy atom. The molecule has 126 valence electrons. The summed E-state index contributed by atoms with van der Waals surface area (Å²) >= 11 is 0. The van der Waals surface area contributed by atoms with Crippen LogP contribution in [0.4, 0.5) is 4.39 Å². The first-order valence-corrected chi connectivity index (χ1v) is 7.52. The molecule has 0 aliphatic rings. The molecule has 1 atom stereocenters. The second-order valence-corrected chi connectivity index (χ2v) is 5.46. The third-order valence-corrected chi connectivity index (χ3v) is 3.62. The van der Waals surface area contributed by atoms with Crippen molar-refractivity contribution in [3.05, 3.63) is 70.5 Å². The highest BCUT2D eigenvalue weighted by Crippen LogP contribution is 2.12. The van der Waals surface area contributed by atoms with Crippen LogP contribution in [0.3, 0.4) is 0 Å². The van der Waals surface area contributed by atoms with Gasteiger partial charge < -0.3 is 9.84 Å². The van der Waals surface area contributed by atoms with Gasteiger partial charge in [-0.15, -0.1) is 0 Å².